The van der Waals surface area contributed by atoms with E-state index in [2.05, 4.69) is 54.0 Å². The van der Waals surface area contributed by atoms with Gasteiger partial charge >= 0.3 is 0 Å². The Bertz CT molecular complexity index is 505. The van der Waals surface area contributed by atoms with Crippen LogP contribution in [0.15, 0.2) is 24.0 Å². The quantitative estimate of drug-likeness (QED) is 0.918. The number of nitrogens with one attached hydrogen (secondary N) is 1. The molecule has 0 saturated carbocycles. The molecule has 0 radical (unpaired) electrons. The van der Waals surface area contributed by atoms with Crippen LogP contribution in [0, 0.1) is 6.92 Å². The number of thiophene rings is 1. The van der Waals surface area contributed by atoms with Crippen LogP contribution in [0.5, 0.6) is 0 Å². The van der Waals surface area contributed by atoms with Crippen molar-refractivity contribution in [2.75, 3.05) is 0 Å². The van der Waals surface area contributed by atoms with Gasteiger partial charge in [-0.1, -0.05) is 0 Å². The van der Waals surface area contributed by atoms with Crippen LogP contribution in [0.3, 0.4) is 0 Å². The van der Waals surface area contributed by atoms with Gasteiger partial charge in [0.15, 0.2) is 0 Å². The summed E-state index contributed by atoms with van der Waals surface area (Å²) < 4.78 is 2.22. The molecule has 4 heteroatoms. The van der Waals surface area contributed by atoms with Crippen molar-refractivity contribution in [2.24, 2.45) is 0 Å². The molecule has 0 aromatic carbocycles. The lowest BCUT2D eigenvalue weighted by molar-refractivity contribution is 0.417. The first-order chi connectivity index (χ1) is 8.46. The highest BCUT2D eigenvalue weighted by molar-refractivity contribution is 7.10. The zero-order valence-corrected chi connectivity index (χ0v) is 12.3. The van der Waals surface area contributed by atoms with Gasteiger partial charge in [0.1, 0.15) is 0 Å². The normalized spacial score (nSPS) is 12.0. The van der Waals surface area contributed by atoms with E-state index in [0.29, 0.717) is 0 Å². The lowest BCUT2D eigenvalue weighted by Gasteiger charge is -2.20. The van der Waals surface area contributed by atoms with Crippen LogP contribution < -0.4 is 5.32 Å². The van der Waals surface area contributed by atoms with Gasteiger partial charge in [-0.3, -0.25) is 0 Å². The van der Waals surface area contributed by atoms with E-state index < -0.39 is 0 Å². The molecule has 1 N–H and O–H groups in total. The van der Waals surface area contributed by atoms with Crippen LogP contribution in [0.4, 0.5) is 0 Å². The molecule has 0 fully saturated rings. The molecule has 18 heavy (non-hydrogen) atoms. The predicted molar refractivity (Wildman–Crippen MR) is 77.0 cm³/mol. The zero-order chi connectivity index (χ0) is 13.2. The van der Waals surface area contributed by atoms with E-state index in [1.807, 2.05) is 23.9 Å². The van der Waals surface area contributed by atoms with Crippen LogP contribution in [0.25, 0.3) is 0 Å². The third-order valence-corrected chi connectivity index (χ3v) is 3.89. The second-order valence-corrected chi connectivity index (χ2v) is 6.64. The molecule has 0 aliphatic rings. The number of aryl methyl sites for hydroxylation is 1. The fourth-order valence-electron chi connectivity index (χ4n) is 1.71. The Morgan fingerprint density at radius 1 is 1.39 bits per heavy atom. The molecule has 2 aromatic rings. The second kappa shape index (κ2) is 5.24. The predicted octanol–water partition coefficient (Wildman–Crippen LogP) is 3.19. The number of hydrogen-bond donors (Lipinski definition) is 1. The van der Waals surface area contributed by atoms with Gasteiger partial charge in [-0.2, -0.15) is 0 Å². The standard InChI is InChI=1S/C14H21N3S/c1-11-5-6-18-13(11)9-17-10-15-7-12(17)8-16-14(2,3)4/h5-7,10,16H,8-9H2,1-4H3. The Morgan fingerprint density at radius 3 is 2.78 bits per heavy atom. The smallest absolute Gasteiger partial charge is 0.0952 e. The van der Waals surface area contributed by atoms with E-state index in [4.69, 9.17) is 0 Å². The Morgan fingerprint density at radius 2 is 2.17 bits per heavy atom. The van der Waals surface area contributed by atoms with Crippen molar-refractivity contribution >= 4 is 11.3 Å². The topological polar surface area (TPSA) is 29.9 Å². The fourth-order valence-corrected chi connectivity index (χ4v) is 2.62. The Balaban J connectivity index is 2.06. The molecule has 0 amide bonds. The van der Waals surface area contributed by atoms with E-state index in [0.717, 1.165) is 13.1 Å². The zero-order valence-electron chi connectivity index (χ0n) is 11.5. The molecule has 3 nitrogen and oxygen atoms in total. The van der Waals surface area contributed by atoms with Gasteiger partial charge < -0.3 is 9.88 Å². The Labute approximate surface area is 113 Å². The van der Waals surface area contributed by atoms with E-state index in [-0.39, 0.29) is 5.54 Å². The van der Waals surface area contributed by atoms with Gasteiger partial charge in [-0.15, -0.1) is 11.3 Å². The van der Waals surface area contributed by atoms with Crippen molar-refractivity contribution in [3.05, 3.63) is 40.1 Å². The van der Waals surface area contributed by atoms with E-state index in [9.17, 15) is 0 Å². The van der Waals surface area contributed by atoms with Gasteiger partial charge in [-0.25, -0.2) is 4.98 Å². The van der Waals surface area contributed by atoms with Crippen LogP contribution >= 0.6 is 11.3 Å². The molecule has 0 unspecified atom stereocenters. The summed E-state index contributed by atoms with van der Waals surface area (Å²) in [5.41, 5.74) is 2.73. The summed E-state index contributed by atoms with van der Waals surface area (Å²) >= 11 is 1.81. The summed E-state index contributed by atoms with van der Waals surface area (Å²) in [6.45, 7) is 10.5. The molecule has 2 heterocycles. The van der Waals surface area contributed by atoms with E-state index in [1.54, 1.807) is 0 Å². The van der Waals surface area contributed by atoms with Gasteiger partial charge in [0.25, 0.3) is 0 Å². The number of rotatable bonds is 4. The van der Waals surface area contributed by atoms with Gasteiger partial charge in [0, 0.05) is 23.2 Å². The molecular weight excluding hydrogens is 242 g/mol. The average Bonchev–Trinajstić information content (AvgIpc) is 2.86. The highest BCUT2D eigenvalue weighted by Gasteiger charge is 2.11. The summed E-state index contributed by atoms with van der Waals surface area (Å²) in [4.78, 5) is 5.67. The summed E-state index contributed by atoms with van der Waals surface area (Å²) in [6.07, 6.45) is 3.86. The lowest BCUT2D eigenvalue weighted by atomic mass is 10.1. The van der Waals surface area contributed by atoms with E-state index >= 15 is 0 Å². The van der Waals surface area contributed by atoms with Crippen molar-refractivity contribution in [2.45, 2.75) is 46.3 Å². The minimum atomic E-state index is 0.133. The average molecular weight is 263 g/mol. The van der Waals surface area contributed by atoms with Crippen LogP contribution in [0.2, 0.25) is 0 Å². The fraction of sp³-hybridized carbons (Fsp3) is 0.500. The molecule has 0 spiro atoms. The number of imidazole rings is 1. The monoisotopic (exact) mass is 263 g/mol. The molecular formula is C14H21N3S. The maximum Gasteiger partial charge on any atom is 0.0952 e. The maximum atomic E-state index is 4.26. The molecule has 0 bridgehead atoms. The largest absolute Gasteiger partial charge is 0.328 e. The summed E-state index contributed by atoms with van der Waals surface area (Å²) in [5, 5.41) is 5.65. The van der Waals surface area contributed by atoms with Crippen LogP contribution in [-0.4, -0.2) is 15.1 Å². The SMILES string of the molecule is Cc1ccsc1Cn1cncc1CNC(C)(C)C. The number of hydrogen-bond acceptors (Lipinski definition) is 3. The first kappa shape index (κ1) is 13.3. The number of nitrogens with zero attached hydrogens (tertiary/aromatic N) is 2. The summed E-state index contributed by atoms with van der Waals surface area (Å²) in [7, 11) is 0. The van der Waals surface area contributed by atoms with Crippen molar-refractivity contribution in [1.29, 1.82) is 0 Å². The Hall–Kier alpha value is -1.13. The molecule has 0 atom stereocenters. The van der Waals surface area contributed by atoms with Crippen LogP contribution in [-0.2, 0) is 13.1 Å². The Kier molecular flexibility index (Phi) is 3.88. The molecule has 0 saturated heterocycles. The second-order valence-electron chi connectivity index (χ2n) is 5.64. The third kappa shape index (κ3) is 3.43. The van der Waals surface area contributed by atoms with Crippen molar-refractivity contribution in [1.82, 2.24) is 14.9 Å². The highest BCUT2D eigenvalue weighted by atomic mass is 32.1. The third-order valence-electron chi connectivity index (χ3n) is 2.88. The molecule has 2 rings (SSSR count). The van der Waals surface area contributed by atoms with Crippen LogP contribution in [0.1, 0.15) is 36.9 Å². The first-order valence-corrected chi connectivity index (χ1v) is 7.11. The lowest BCUT2D eigenvalue weighted by Crippen LogP contribution is -2.35. The molecule has 2 aromatic heterocycles. The summed E-state index contributed by atoms with van der Waals surface area (Å²) in [5.74, 6) is 0. The number of aromatic nitrogens is 2. The maximum absolute atomic E-state index is 4.26. The van der Waals surface area contributed by atoms with Crippen molar-refractivity contribution < 1.29 is 0 Å². The minimum absolute atomic E-state index is 0.133. The van der Waals surface area contributed by atoms with Crippen molar-refractivity contribution in [3.63, 3.8) is 0 Å². The summed E-state index contributed by atoms with van der Waals surface area (Å²) in [6, 6.07) is 2.17. The minimum Gasteiger partial charge on any atom is -0.328 e. The van der Waals surface area contributed by atoms with E-state index in [1.165, 1.54) is 16.1 Å². The highest BCUT2D eigenvalue weighted by Crippen LogP contribution is 2.17. The molecule has 0 aliphatic heterocycles. The van der Waals surface area contributed by atoms with Gasteiger partial charge in [-0.05, 0) is 44.7 Å². The molecule has 0 aliphatic carbocycles. The van der Waals surface area contributed by atoms with Crippen molar-refractivity contribution in [3.8, 4) is 0 Å². The molecule has 98 valence electrons. The van der Waals surface area contributed by atoms with Gasteiger partial charge in [0.05, 0.1) is 18.6 Å². The van der Waals surface area contributed by atoms with Gasteiger partial charge in [0.2, 0.25) is 0 Å². The first-order valence-electron chi connectivity index (χ1n) is 6.23.